The zero-order valence-electron chi connectivity index (χ0n) is 15.8. The fourth-order valence-electron chi connectivity index (χ4n) is 2.74. The molecule has 2 aromatic carbocycles. The summed E-state index contributed by atoms with van der Waals surface area (Å²) in [7, 11) is 0. The molecule has 0 aliphatic carbocycles. The largest absolute Gasteiger partial charge is 0.445 e. The summed E-state index contributed by atoms with van der Waals surface area (Å²) in [6, 6.07) is 9.27. The summed E-state index contributed by atoms with van der Waals surface area (Å²) >= 11 is 6.38. The lowest BCUT2D eigenvalue weighted by Gasteiger charge is -2.10. The van der Waals surface area contributed by atoms with Gasteiger partial charge in [-0.1, -0.05) is 36.4 Å². The molecule has 0 aliphatic rings. The van der Waals surface area contributed by atoms with Gasteiger partial charge in [0.1, 0.15) is 17.9 Å². The Labute approximate surface area is 173 Å². The van der Waals surface area contributed by atoms with Crippen LogP contribution in [-0.2, 0) is 6.54 Å². The van der Waals surface area contributed by atoms with Crippen molar-refractivity contribution in [3.05, 3.63) is 107 Å². The molecule has 0 aliphatic heterocycles. The monoisotopic (exact) mass is 412 g/mol. The van der Waals surface area contributed by atoms with Crippen molar-refractivity contribution in [3.63, 3.8) is 0 Å². The summed E-state index contributed by atoms with van der Waals surface area (Å²) in [6.45, 7) is 5.76. The van der Waals surface area contributed by atoms with Gasteiger partial charge in [-0.3, -0.25) is 0 Å². The topological polar surface area (TPSA) is 38.1 Å². The van der Waals surface area contributed by atoms with Gasteiger partial charge in [-0.2, -0.15) is 0 Å². The minimum Gasteiger partial charge on any atom is -0.445 e. The van der Waals surface area contributed by atoms with E-state index in [2.05, 4.69) is 16.9 Å². The van der Waals surface area contributed by atoms with Gasteiger partial charge >= 0.3 is 0 Å². The predicted molar refractivity (Wildman–Crippen MR) is 112 cm³/mol. The summed E-state index contributed by atoms with van der Waals surface area (Å²) in [4.78, 5) is 4.15. The maximum Gasteiger partial charge on any atom is 0.225 e. The standard InChI is InChI=1S/C23H19ClF2N2O/c1-3-16(18-13-17(9-10-20(18)24)23-27-11-12-29-23)8-7-15(2)28-14-19-21(25)5-4-6-22(19)26/h3-13,28H,2,14H2,1H3/b8-7-,16-3+. The third-order valence-electron chi connectivity index (χ3n) is 4.29. The fourth-order valence-corrected chi connectivity index (χ4v) is 2.97. The van der Waals surface area contributed by atoms with Crippen molar-refractivity contribution in [1.82, 2.24) is 10.3 Å². The molecule has 0 unspecified atom stereocenters. The number of benzene rings is 2. The van der Waals surface area contributed by atoms with Crippen LogP contribution in [0.5, 0.6) is 0 Å². The molecule has 1 heterocycles. The minimum atomic E-state index is -0.599. The molecule has 3 rings (SSSR count). The zero-order chi connectivity index (χ0) is 20.8. The highest BCUT2D eigenvalue weighted by atomic mass is 35.5. The molecule has 6 heteroatoms. The van der Waals surface area contributed by atoms with Crippen LogP contribution in [0.3, 0.4) is 0 Å². The molecule has 1 N–H and O–H groups in total. The molecule has 148 valence electrons. The molecule has 3 aromatic rings. The second kappa shape index (κ2) is 9.34. The minimum absolute atomic E-state index is 0.00669. The second-order valence-corrected chi connectivity index (χ2v) is 6.60. The van der Waals surface area contributed by atoms with Crippen LogP contribution >= 0.6 is 11.6 Å². The number of allylic oxidation sites excluding steroid dienone is 4. The zero-order valence-corrected chi connectivity index (χ0v) is 16.5. The maximum atomic E-state index is 13.7. The Kier molecular flexibility index (Phi) is 6.62. The van der Waals surface area contributed by atoms with Crippen LogP contribution < -0.4 is 5.32 Å². The van der Waals surface area contributed by atoms with Gasteiger partial charge in [-0.25, -0.2) is 13.8 Å². The van der Waals surface area contributed by atoms with Gasteiger partial charge in [0.15, 0.2) is 0 Å². The molecule has 1 aromatic heterocycles. The van der Waals surface area contributed by atoms with E-state index in [1.165, 1.54) is 24.5 Å². The van der Waals surface area contributed by atoms with Gasteiger partial charge in [0.05, 0.1) is 6.20 Å². The Bertz CT molecular complexity index is 1050. The average molecular weight is 413 g/mol. The lowest BCUT2D eigenvalue weighted by atomic mass is 10.0. The first-order chi connectivity index (χ1) is 14.0. The van der Waals surface area contributed by atoms with Crippen molar-refractivity contribution in [2.45, 2.75) is 13.5 Å². The van der Waals surface area contributed by atoms with Crippen LogP contribution in [0.1, 0.15) is 18.1 Å². The quantitative estimate of drug-likeness (QED) is 0.448. The van der Waals surface area contributed by atoms with Gasteiger partial charge in [0, 0.05) is 34.0 Å². The number of halogens is 3. The Morgan fingerprint density at radius 2 is 1.97 bits per heavy atom. The number of hydrogen-bond acceptors (Lipinski definition) is 3. The molecule has 0 bridgehead atoms. The van der Waals surface area contributed by atoms with Crippen LogP contribution in [0.4, 0.5) is 8.78 Å². The van der Waals surface area contributed by atoms with Crippen molar-refractivity contribution in [3.8, 4) is 11.5 Å². The average Bonchev–Trinajstić information content (AvgIpc) is 3.24. The summed E-state index contributed by atoms with van der Waals surface area (Å²) in [5, 5.41) is 3.49. The van der Waals surface area contributed by atoms with Gasteiger partial charge < -0.3 is 9.73 Å². The summed E-state index contributed by atoms with van der Waals surface area (Å²) in [6.07, 6.45) is 8.54. The number of rotatable bonds is 7. The smallest absolute Gasteiger partial charge is 0.225 e. The molecule has 0 atom stereocenters. The Balaban J connectivity index is 1.73. The lowest BCUT2D eigenvalue weighted by molar-refractivity contribution is 0.547. The summed E-state index contributed by atoms with van der Waals surface area (Å²) in [5.74, 6) is -0.697. The number of oxazole rings is 1. The molecule has 3 nitrogen and oxygen atoms in total. The maximum absolute atomic E-state index is 13.7. The normalized spacial score (nSPS) is 11.8. The molecular formula is C23H19ClF2N2O. The summed E-state index contributed by atoms with van der Waals surface area (Å²) in [5.41, 5.74) is 2.92. The van der Waals surface area contributed by atoms with E-state index in [4.69, 9.17) is 16.0 Å². The van der Waals surface area contributed by atoms with E-state index in [-0.39, 0.29) is 12.1 Å². The Morgan fingerprint density at radius 3 is 2.62 bits per heavy atom. The van der Waals surface area contributed by atoms with Gasteiger partial charge in [0.25, 0.3) is 0 Å². The third-order valence-corrected chi connectivity index (χ3v) is 4.62. The highest BCUT2D eigenvalue weighted by Crippen LogP contribution is 2.30. The van der Waals surface area contributed by atoms with Crippen molar-refractivity contribution in [1.29, 1.82) is 0 Å². The van der Waals surface area contributed by atoms with Gasteiger partial charge in [0.2, 0.25) is 5.89 Å². The summed E-state index contributed by atoms with van der Waals surface area (Å²) < 4.78 is 32.8. The van der Waals surface area contributed by atoms with E-state index >= 15 is 0 Å². The van der Waals surface area contributed by atoms with Crippen LogP contribution in [-0.4, -0.2) is 4.98 Å². The van der Waals surface area contributed by atoms with Crippen molar-refractivity contribution >= 4 is 17.2 Å². The van der Waals surface area contributed by atoms with E-state index < -0.39 is 11.6 Å². The van der Waals surface area contributed by atoms with Crippen molar-refractivity contribution < 1.29 is 13.2 Å². The van der Waals surface area contributed by atoms with Crippen LogP contribution in [0.2, 0.25) is 5.02 Å². The molecule has 0 spiro atoms. The molecule has 0 fully saturated rings. The molecule has 0 saturated heterocycles. The Hall–Kier alpha value is -3.18. The van der Waals surface area contributed by atoms with E-state index in [0.717, 1.165) is 16.7 Å². The van der Waals surface area contributed by atoms with Crippen LogP contribution in [0.25, 0.3) is 17.0 Å². The van der Waals surface area contributed by atoms with Crippen molar-refractivity contribution in [2.24, 2.45) is 0 Å². The SMILES string of the molecule is C=C(/C=C\C(=C/C)c1cc(-c2ncco2)ccc1Cl)NCc1c(F)cccc1F. The van der Waals surface area contributed by atoms with E-state index in [9.17, 15) is 8.78 Å². The van der Waals surface area contributed by atoms with E-state index in [0.29, 0.717) is 16.6 Å². The lowest BCUT2D eigenvalue weighted by Crippen LogP contribution is -2.13. The van der Waals surface area contributed by atoms with Crippen LogP contribution in [0.15, 0.2) is 83.8 Å². The van der Waals surface area contributed by atoms with Crippen LogP contribution in [0, 0.1) is 11.6 Å². The molecule has 0 amide bonds. The molecule has 29 heavy (non-hydrogen) atoms. The van der Waals surface area contributed by atoms with Gasteiger partial charge in [-0.15, -0.1) is 0 Å². The number of nitrogens with one attached hydrogen (secondary N) is 1. The number of hydrogen-bond donors (Lipinski definition) is 1. The third kappa shape index (κ3) is 5.00. The first kappa shape index (κ1) is 20.6. The van der Waals surface area contributed by atoms with Gasteiger partial charge in [-0.05, 0) is 48.9 Å². The predicted octanol–water partition coefficient (Wildman–Crippen LogP) is 6.54. The Morgan fingerprint density at radius 1 is 1.21 bits per heavy atom. The first-order valence-corrected chi connectivity index (χ1v) is 9.27. The first-order valence-electron chi connectivity index (χ1n) is 8.89. The highest BCUT2D eigenvalue weighted by Gasteiger charge is 2.10. The van der Waals surface area contributed by atoms with Crippen molar-refractivity contribution in [2.75, 3.05) is 0 Å². The molecule has 0 saturated carbocycles. The number of nitrogens with zero attached hydrogens (tertiary/aromatic N) is 1. The van der Waals surface area contributed by atoms with E-state index in [1.54, 1.807) is 18.3 Å². The number of aromatic nitrogens is 1. The molecular weight excluding hydrogens is 394 g/mol. The van der Waals surface area contributed by atoms with E-state index in [1.807, 2.05) is 31.2 Å². The fraction of sp³-hybridized carbons (Fsp3) is 0.0870. The molecule has 0 radical (unpaired) electrons. The highest BCUT2D eigenvalue weighted by molar-refractivity contribution is 6.32. The second-order valence-electron chi connectivity index (χ2n) is 6.19.